The Kier molecular flexibility index (Phi) is 5.01. The van der Waals surface area contributed by atoms with Gasteiger partial charge in [-0.05, 0) is 57.4 Å². The number of nitrogens with zero attached hydrogens (tertiary/aromatic N) is 6. The molecule has 5 heterocycles. The Labute approximate surface area is 189 Å². The van der Waals surface area contributed by atoms with E-state index in [-0.39, 0.29) is 5.54 Å². The molecule has 1 aliphatic carbocycles. The van der Waals surface area contributed by atoms with Gasteiger partial charge in [0.15, 0.2) is 0 Å². The predicted molar refractivity (Wildman–Crippen MR) is 129 cm³/mol. The van der Waals surface area contributed by atoms with Gasteiger partial charge in [-0.25, -0.2) is 9.97 Å². The minimum Gasteiger partial charge on any atom is -0.368 e. The molecule has 32 heavy (non-hydrogen) atoms. The van der Waals surface area contributed by atoms with Gasteiger partial charge in [-0.3, -0.25) is 0 Å². The fourth-order valence-electron chi connectivity index (χ4n) is 6.04. The lowest BCUT2D eigenvalue weighted by atomic mass is 9.76. The molecule has 0 radical (unpaired) electrons. The van der Waals surface area contributed by atoms with Crippen LogP contribution in [0.5, 0.6) is 0 Å². The number of hydrogen-bond donors (Lipinski definition) is 1. The number of anilines is 3. The molecule has 1 saturated heterocycles. The summed E-state index contributed by atoms with van der Waals surface area (Å²) in [6.45, 7) is 4.28. The quantitative estimate of drug-likeness (QED) is 0.667. The minimum absolute atomic E-state index is 0.265. The monoisotopic (exact) mass is 431 g/mol. The van der Waals surface area contributed by atoms with Gasteiger partial charge >= 0.3 is 0 Å². The predicted octanol–water partition coefficient (Wildman–Crippen LogP) is 4.32. The van der Waals surface area contributed by atoms with E-state index in [0.717, 1.165) is 49.5 Å². The van der Waals surface area contributed by atoms with Crippen molar-refractivity contribution in [3.8, 4) is 0 Å². The highest BCUT2D eigenvalue weighted by Gasteiger charge is 2.38. The molecule has 1 N–H and O–H groups in total. The third-order valence-corrected chi connectivity index (χ3v) is 7.81. The van der Waals surface area contributed by atoms with E-state index in [0.29, 0.717) is 5.95 Å². The van der Waals surface area contributed by atoms with Crippen LogP contribution >= 0.6 is 0 Å². The maximum absolute atomic E-state index is 5.00. The summed E-state index contributed by atoms with van der Waals surface area (Å²) in [7, 11) is 2.18. The van der Waals surface area contributed by atoms with E-state index in [1.165, 1.54) is 56.3 Å². The second kappa shape index (κ2) is 8.03. The van der Waals surface area contributed by atoms with Crippen molar-refractivity contribution >= 4 is 28.5 Å². The zero-order valence-corrected chi connectivity index (χ0v) is 19.1. The molecule has 1 spiro atoms. The molecule has 3 aromatic heterocycles. The van der Waals surface area contributed by atoms with Crippen molar-refractivity contribution < 1.29 is 0 Å². The Morgan fingerprint density at radius 1 is 0.906 bits per heavy atom. The Hall–Kier alpha value is -2.67. The standard InChI is InChI=1S/C25H33N7/c1-30-12-14-31(15-13-30)21-7-8-22(26-18-21)28-24-27-17-19-16-20-6-5-11-25(9-3-2-4-10-25)32(20)23(19)29-24/h7-8,16-18H,2-6,9-15H2,1H3,(H,26,27,28,29). The first-order chi connectivity index (χ1) is 15.7. The first kappa shape index (κ1) is 20.0. The zero-order chi connectivity index (χ0) is 21.5. The number of aromatic nitrogens is 4. The Morgan fingerprint density at radius 2 is 1.72 bits per heavy atom. The summed E-state index contributed by atoms with van der Waals surface area (Å²) in [5, 5.41) is 4.51. The van der Waals surface area contributed by atoms with Gasteiger partial charge in [-0.1, -0.05) is 19.3 Å². The van der Waals surface area contributed by atoms with E-state index in [9.17, 15) is 0 Å². The Balaban J connectivity index is 1.26. The molecule has 0 aromatic carbocycles. The summed E-state index contributed by atoms with van der Waals surface area (Å²) in [4.78, 5) is 19.0. The van der Waals surface area contributed by atoms with Gasteiger partial charge in [0.2, 0.25) is 5.95 Å². The summed E-state index contributed by atoms with van der Waals surface area (Å²) >= 11 is 0. The number of likely N-dealkylation sites (N-methyl/N-ethyl adjacent to an activating group) is 1. The van der Waals surface area contributed by atoms with Gasteiger partial charge in [0.05, 0.1) is 11.9 Å². The molecule has 0 atom stereocenters. The number of piperazine rings is 1. The molecule has 0 bridgehead atoms. The highest BCUT2D eigenvalue weighted by atomic mass is 15.3. The van der Waals surface area contributed by atoms with Crippen LogP contribution in [0.2, 0.25) is 0 Å². The number of rotatable bonds is 3. The van der Waals surface area contributed by atoms with E-state index >= 15 is 0 Å². The Morgan fingerprint density at radius 3 is 2.50 bits per heavy atom. The fraction of sp³-hybridized carbons (Fsp3) is 0.560. The molecule has 2 aliphatic heterocycles. The fourth-order valence-corrected chi connectivity index (χ4v) is 6.04. The SMILES string of the molecule is CN1CCN(c2ccc(Nc3ncc4cc5n(c4n3)C3(CCCCC3)CCC5)nc2)CC1. The van der Waals surface area contributed by atoms with E-state index in [2.05, 4.69) is 48.8 Å². The van der Waals surface area contributed by atoms with E-state index in [1.807, 2.05) is 18.5 Å². The molecular weight excluding hydrogens is 398 g/mol. The largest absolute Gasteiger partial charge is 0.368 e. The lowest BCUT2D eigenvalue weighted by Crippen LogP contribution is -2.44. The second-order valence-corrected chi connectivity index (χ2v) is 9.90. The average Bonchev–Trinajstić information content (AvgIpc) is 3.20. The molecular formula is C25H33N7. The van der Waals surface area contributed by atoms with Crippen LogP contribution in [0, 0.1) is 0 Å². The maximum Gasteiger partial charge on any atom is 0.230 e. The minimum atomic E-state index is 0.265. The summed E-state index contributed by atoms with van der Waals surface area (Å²) in [6.07, 6.45) is 14.3. The highest BCUT2D eigenvalue weighted by Crippen LogP contribution is 2.45. The van der Waals surface area contributed by atoms with Crippen molar-refractivity contribution in [3.63, 3.8) is 0 Å². The maximum atomic E-state index is 5.00. The van der Waals surface area contributed by atoms with Gasteiger partial charge in [-0.15, -0.1) is 0 Å². The lowest BCUT2D eigenvalue weighted by Gasteiger charge is -2.43. The number of pyridine rings is 1. The van der Waals surface area contributed by atoms with Crippen molar-refractivity contribution in [2.75, 3.05) is 43.4 Å². The number of nitrogens with one attached hydrogen (secondary N) is 1. The van der Waals surface area contributed by atoms with Crippen LogP contribution in [0.1, 0.15) is 50.6 Å². The van der Waals surface area contributed by atoms with Crippen LogP contribution in [-0.4, -0.2) is 57.6 Å². The summed E-state index contributed by atoms with van der Waals surface area (Å²) < 4.78 is 2.59. The first-order valence-electron chi connectivity index (χ1n) is 12.2. The average molecular weight is 432 g/mol. The van der Waals surface area contributed by atoms with Crippen LogP contribution in [0.25, 0.3) is 11.0 Å². The van der Waals surface area contributed by atoms with Crippen molar-refractivity contribution in [3.05, 3.63) is 36.3 Å². The van der Waals surface area contributed by atoms with Crippen molar-refractivity contribution in [2.45, 2.75) is 56.9 Å². The van der Waals surface area contributed by atoms with Crippen LogP contribution < -0.4 is 10.2 Å². The van der Waals surface area contributed by atoms with Gasteiger partial charge in [0.1, 0.15) is 11.5 Å². The topological polar surface area (TPSA) is 62.1 Å². The summed E-state index contributed by atoms with van der Waals surface area (Å²) in [5.74, 6) is 1.43. The smallest absolute Gasteiger partial charge is 0.230 e. The second-order valence-electron chi connectivity index (χ2n) is 9.90. The molecule has 7 nitrogen and oxygen atoms in total. The van der Waals surface area contributed by atoms with Crippen molar-refractivity contribution in [1.82, 2.24) is 24.4 Å². The third-order valence-electron chi connectivity index (χ3n) is 7.81. The molecule has 1 saturated carbocycles. The normalized spacial score (nSPS) is 21.1. The van der Waals surface area contributed by atoms with Gasteiger partial charge in [0.25, 0.3) is 0 Å². The molecule has 2 fully saturated rings. The van der Waals surface area contributed by atoms with E-state index in [1.54, 1.807) is 0 Å². The first-order valence-corrected chi connectivity index (χ1v) is 12.2. The number of fused-ring (bicyclic) bond motifs is 4. The van der Waals surface area contributed by atoms with Crippen LogP contribution in [0.3, 0.4) is 0 Å². The third kappa shape index (κ3) is 3.52. The molecule has 7 heteroatoms. The van der Waals surface area contributed by atoms with E-state index in [4.69, 9.17) is 4.98 Å². The molecule has 3 aromatic rings. The zero-order valence-electron chi connectivity index (χ0n) is 19.1. The van der Waals surface area contributed by atoms with Crippen molar-refractivity contribution in [1.29, 1.82) is 0 Å². The molecule has 0 amide bonds. The number of hydrogen-bond acceptors (Lipinski definition) is 6. The molecule has 168 valence electrons. The van der Waals surface area contributed by atoms with Crippen LogP contribution in [-0.2, 0) is 12.0 Å². The van der Waals surface area contributed by atoms with Crippen LogP contribution in [0.4, 0.5) is 17.5 Å². The number of aryl methyl sites for hydroxylation is 1. The van der Waals surface area contributed by atoms with Gasteiger partial charge < -0.3 is 19.7 Å². The van der Waals surface area contributed by atoms with Crippen LogP contribution in [0.15, 0.2) is 30.6 Å². The highest BCUT2D eigenvalue weighted by molar-refractivity contribution is 5.78. The summed E-state index contributed by atoms with van der Waals surface area (Å²) in [5.41, 5.74) is 3.98. The molecule has 3 aliphatic rings. The lowest BCUT2D eigenvalue weighted by molar-refractivity contribution is 0.159. The van der Waals surface area contributed by atoms with Gasteiger partial charge in [-0.2, -0.15) is 4.98 Å². The Bertz CT molecular complexity index is 1090. The van der Waals surface area contributed by atoms with Crippen molar-refractivity contribution in [2.24, 2.45) is 0 Å². The molecule has 6 rings (SSSR count). The van der Waals surface area contributed by atoms with Gasteiger partial charge in [0, 0.05) is 49.0 Å². The van der Waals surface area contributed by atoms with E-state index < -0.39 is 0 Å². The summed E-state index contributed by atoms with van der Waals surface area (Å²) in [6, 6.07) is 6.50. The molecule has 0 unspecified atom stereocenters.